The molecule has 0 amide bonds. The highest BCUT2D eigenvalue weighted by atomic mass is 16.3. The summed E-state index contributed by atoms with van der Waals surface area (Å²) in [5, 5.41) is 8.89. The van der Waals surface area contributed by atoms with Crippen molar-refractivity contribution in [1.82, 2.24) is 4.57 Å². The van der Waals surface area contributed by atoms with Crippen molar-refractivity contribution in [3.63, 3.8) is 0 Å². The first-order chi connectivity index (χ1) is 5.24. The molecule has 0 spiro atoms. The normalized spacial score (nSPS) is 9.91. The average Bonchev–Trinajstić information content (AvgIpc) is 1.95. The standard InChI is InChI=1S/C8H11NO2/c1-2-4-9-5-3-7(10)6-8(9)11/h3,5-6,10H,2,4H2,1H3. The van der Waals surface area contributed by atoms with E-state index in [4.69, 9.17) is 5.11 Å². The van der Waals surface area contributed by atoms with Crippen molar-refractivity contribution in [3.05, 3.63) is 28.7 Å². The molecule has 0 aliphatic carbocycles. The molecule has 3 heteroatoms. The molecular weight excluding hydrogens is 142 g/mol. The molecule has 0 unspecified atom stereocenters. The lowest BCUT2D eigenvalue weighted by Crippen LogP contribution is -2.17. The van der Waals surface area contributed by atoms with Gasteiger partial charge < -0.3 is 9.67 Å². The van der Waals surface area contributed by atoms with Crippen LogP contribution in [0.3, 0.4) is 0 Å². The summed E-state index contributed by atoms with van der Waals surface area (Å²) < 4.78 is 1.57. The van der Waals surface area contributed by atoms with Gasteiger partial charge in [-0.1, -0.05) is 6.92 Å². The highest BCUT2D eigenvalue weighted by Crippen LogP contribution is 2.00. The quantitative estimate of drug-likeness (QED) is 0.687. The van der Waals surface area contributed by atoms with E-state index in [1.165, 1.54) is 12.1 Å². The molecule has 1 aromatic rings. The molecule has 0 atom stereocenters. The summed E-state index contributed by atoms with van der Waals surface area (Å²) in [6.07, 6.45) is 2.52. The van der Waals surface area contributed by atoms with Crippen LogP contribution >= 0.6 is 0 Å². The third-order valence-electron chi connectivity index (χ3n) is 1.44. The largest absolute Gasteiger partial charge is 0.508 e. The predicted molar refractivity (Wildman–Crippen MR) is 42.7 cm³/mol. The minimum atomic E-state index is -0.146. The average molecular weight is 153 g/mol. The van der Waals surface area contributed by atoms with Gasteiger partial charge >= 0.3 is 0 Å². The minimum Gasteiger partial charge on any atom is -0.508 e. The van der Waals surface area contributed by atoms with Gasteiger partial charge in [-0.2, -0.15) is 0 Å². The number of pyridine rings is 1. The predicted octanol–water partition coefficient (Wildman–Crippen LogP) is 0.964. The first kappa shape index (κ1) is 7.85. The third kappa shape index (κ3) is 1.83. The van der Waals surface area contributed by atoms with Crippen molar-refractivity contribution in [1.29, 1.82) is 0 Å². The number of hydrogen-bond donors (Lipinski definition) is 1. The van der Waals surface area contributed by atoms with E-state index in [1.807, 2.05) is 6.92 Å². The highest BCUT2D eigenvalue weighted by Gasteiger charge is 1.93. The summed E-state index contributed by atoms with van der Waals surface area (Å²) in [7, 11) is 0. The van der Waals surface area contributed by atoms with Crippen LogP contribution in [0.25, 0.3) is 0 Å². The maximum atomic E-state index is 11.0. The molecule has 0 aliphatic rings. The van der Waals surface area contributed by atoms with Crippen LogP contribution in [0.5, 0.6) is 5.75 Å². The molecule has 1 rings (SSSR count). The Hall–Kier alpha value is -1.25. The van der Waals surface area contributed by atoms with E-state index in [1.54, 1.807) is 10.8 Å². The molecule has 1 aromatic heterocycles. The monoisotopic (exact) mass is 153 g/mol. The summed E-state index contributed by atoms with van der Waals surface area (Å²) in [5.74, 6) is 0.0300. The molecule has 0 aliphatic heterocycles. The van der Waals surface area contributed by atoms with Gasteiger partial charge in [0.05, 0.1) is 0 Å². The van der Waals surface area contributed by atoms with E-state index in [9.17, 15) is 4.79 Å². The Kier molecular flexibility index (Phi) is 2.31. The zero-order chi connectivity index (χ0) is 8.27. The topological polar surface area (TPSA) is 42.2 Å². The van der Waals surface area contributed by atoms with Crippen LogP contribution in [0.4, 0.5) is 0 Å². The van der Waals surface area contributed by atoms with Crippen LogP contribution in [0.2, 0.25) is 0 Å². The van der Waals surface area contributed by atoms with Crippen molar-refractivity contribution in [2.24, 2.45) is 0 Å². The Morgan fingerprint density at radius 3 is 2.91 bits per heavy atom. The van der Waals surface area contributed by atoms with Gasteiger partial charge in [0.2, 0.25) is 0 Å². The number of aryl methyl sites for hydroxylation is 1. The molecule has 1 N–H and O–H groups in total. The van der Waals surface area contributed by atoms with Crippen LogP contribution in [0.1, 0.15) is 13.3 Å². The Balaban J connectivity index is 3.00. The van der Waals surface area contributed by atoms with Crippen LogP contribution in [0, 0.1) is 0 Å². The third-order valence-corrected chi connectivity index (χ3v) is 1.44. The lowest BCUT2D eigenvalue weighted by Gasteiger charge is -2.01. The van der Waals surface area contributed by atoms with Crippen molar-refractivity contribution < 1.29 is 5.11 Å². The van der Waals surface area contributed by atoms with Gasteiger partial charge in [0.1, 0.15) is 5.75 Å². The molecule has 11 heavy (non-hydrogen) atoms. The zero-order valence-electron chi connectivity index (χ0n) is 6.45. The summed E-state index contributed by atoms with van der Waals surface area (Å²) in [6.45, 7) is 2.71. The zero-order valence-corrected chi connectivity index (χ0v) is 6.45. The van der Waals surface area contributed by atoms with E-state index >= 15 is 0 Å². The SMILES string of the molecule is CCCn1ccc(O)cc1=O. The van der Waals surface area contributed by atoms with Crippen molar-refractivity contribution >= 4 is 0 Å². The second-order valence-corrected chi connectivity index (χ2v) is 2.42. The summed E-state index contributed by atoms with van der Waals surface area (Å²) in [5.41, 5.74) is -0.146. The molecule has 0 bridgehead atoms. The lowest BCUT2D eigenvalue weighted by molar-refractivity contribution is 0.470. The summed E-state index contributed by atoms with van der Waals surface area (Å²) in [6, 6.07) is 2.73. The minimum absolute atomic E-state index is 0.0300. The fourth-order valence-electron chi connectivity index (χ4n) is 0.923. The smallest absolute Gasteiger partial charge is 0.254 e. The molecule has 3 nitrogen and oxygen atoms in total. The number of hydrogen-bond acceptors (Lipinski definition) is 2. The first-order valence-electron chi connectivity index (χ1n) is 3.63. The molecular formula is C8H11NO2. The Bertz CT molecular complexity index is 290. The van der Waals surface area contributed by atoms with E-state index in [0.29, 0.717) is 6.54 Å². The molecule has 60 valence electrons. The lowest BCUT2D eigenvalue weighted by atomic mass is 10.4. The second-order valence-electron chi connectivity index (χ2n) is 2.42. The molecule has 1 heterocycles. The van der Waals surface area contributed by atoms with Crippen LogP contribution in [-0.4, -0.2) is 9.67 Å². The Morgan fingerprint density at radius 1 is 1.64 bits per heavy atom. The van der Waals surface area contributed by atoms with E-state index in [2.05, 4.69) is 0 Å². The number of nitrogens with zero attached hydrogens (tertiary/aromatic N) is 1. The maximum absolute atomic E-state index is 11.0. The molecule has 0 radical (unpaired) electrons. The van der Waals surface area contributed by atoms with Crippen LogP contribution in [-0.2, 0) is 6.54 Å². The van der Waals surface area contributed by atoms with Gasteiger partial charge in [-0.05, 0) is 12.5 Å². The van der Waals surface area contributed by atoms with Gasteiger partial charge in [0.25, 0.3) is 5.56 Å². The van der Waals surface area contributed by atoms with E-state index in [-0.39, 0.29) is 11.3 Å². The Labute approximate surface area is 64.9 Å². The summed E-state index contributed by atoms with van der Waals surface area (Å²) in [4.78, 5) is 11.0. The van der Waals surface area contributed by atoms with Gasteiger partial charge in [-0.15, -0.1) is 0 Å². The second kappa shape index (κ2) is 3.23. The molecule has 0 aromatic carbocycles. The van der Waals surface area contributed by atoms with Crippen molar-refractivity contribution in [3.8, 4) is 5.75 Å². The molecule has 0 saturated heterocycles. The van der Waals surface area contributed by atoms with Gasteiger partial charge in [0, 0.05) is 18.8 Å². The van der Waals surface area contributed by atoms with E-state index in [0.717, 1.165) is 6.42 Å². The van der Waals surface area contributed by atoms with Gasteiger partial charge in [-0.25, -0.2) is 0 Å². The van der Waals surface area contributed by atoms with Gasteiger partial charge in [0.15, 0.2) is 0 Å². The van der Waals surface area contributed by atoms with Crippen molar-refractivity contribution in [2.75, 3.05) is 0 Å². The molecule has 0 saturated carbocycles. The van der Waals surface area contributed by atoms with Crippen LogP contribution < -0.4 is 5.56 Å². The van der Waals surface area contributed by atoms with Crippen molar-refractivity contribution in [2.45, 2.75) is 19.9 Å². The van der Waals surface area contributed by atoms with Crippen LogP contribution in [0.15, 0.2) is 23.1 Å². The fourth-order valence-corrected chi connectivity index (χ4v) is 0.923. The highest BCUT2D eigenvalue weighted by molar-refractivity contribution is 5.15. The van der Waals surface area contributed by atoms with E-state index < -0.39 is 0 Å². The Morgan fingerprint density at radius 2 is 2.36 bits per heavy atom. The van der Waals surface area contributed by atoms with Gasteiger partial charge in [-0.3, -0.25) is 4.79 Å². The maximum Gasteiger partial charge on any atom is 0.254 e. The number of aromatic nitrogens is 1. The first-order valence-corrected chi connectivity index (χ1v) is 3.63. The fraction of sp³-hybridized carbons (Fsp3) is 0.375. The number of aromatic hydroxyl groups is 1. The number of rotatable bonds is 2. The summed E-state index contributed by atoms with van der Waals surface area (Å²) >= 11 is 0. The molecule has 0 fully saturated rings.